The average Bonchev–Trinajstić information content (AvgIpc) is 2.56. The van der Waals surface area contributed by atoms with Crippen molar-refractivity contribution in [3.05, 3.63) is 65.5 Å². The van der Waals surface area contributed by atoms with Gasteiger partial charge in [0.15, 0.2) is 6.10 Å². The molecule has 0 aliphatic heterocycles. The molecule has 0 aliphatic rings. The van der Waals surface area contributed by atoms with Crippen molar-refractivity contribution in [2.75, 3.05) is 7.05 Å². The second-order valence-electron chi connectivity index (χ2n) is 6.31. The van der Waals surface area contributed by atoms with E-state index in [1.54, 1.807) is 31.0 Å². The number of nitrogens with zero attached hydrogens (tertiary/aromatic N) is 1. The minimum atomic E-state index is -0.585. The lowest BCUT2D eigenvalue weighted by atomic mass is 10.0. The minimum Gasteiger partial charge on any atom is -0.481 e. The normalized spacial score (nSPS) is 12.1. The zero-order chi connectivity index (χ0) is 17.7. The summed E-state index contributed by atoms with van der Waals surface area (Å²) in [4.78, 5) is 14.1. The molecule has 128 valence electrons. The molecule has 2 aromatic rings. The summed E-state index contributed by atoms with van der Waals surface area (Å²) in [7, 11) is 1.72. The van der Waals surface area contributed by atoms with Crippen LogP contribution in [-0.4, -0.2) is 24.0 Å². The summed E-state index contributed by atoms with van der Waals surface area (Å²) in [5.41, 5.74) is 2.05. The fourth-order valence-corrected chi connectivity index (χ4v) is 2.45. The van der Waals surface area contributed by atoms with Crippen LogP contribution in [0, 0.1) is 5.82 Å². The predicted molar refractivity (Wildman–Crippen MR) is 93.5 cm³/mol. The zero-order valence-corrected chi connectivity index (χ0v) is 14.6. The first kappa shape index (κ1) is 18.0. The Morgan fingerprint density at radius 2 is 1.79 bits per heavy atom. The van der Waals surface area contributed by atoms with E-state index < -0.39 is 6.10 Å². The number of carbonyl (C=O) groups is 1. The van der Waals surface area contributed by atoms with Crippen molar-refractivity contribution in [2.24, 2.45) is 0 Å². The number of hydrogen-bond acceptors (Lipinski definition) is 2. The average molecular weight is 329 g/mol. The van der Waals surface area contributed by atoms with E-state index >= 15 is 0 Å². The molecule has 0 N–H and O–H groups in total. The molecule has 1 atom stereocenters. The number of ether oxygens (including phenoxy) is 1. The van der Waals surface area contributed by atoms with Crippen LogP contribution < -0.4 is 4.74 Å². The van der Waals surface area contributed by atoms with Gasteiger partial charge < -0.3 is 9.64 Å². The van der Waals surface area contributed by atoms with Crippen molar-refractivity contribution in [1.82, 2.24) is 4.90 Å². The highest BCUT2D eigenvalue weighted by Gasteiger charge is 2.19. The van der Waals surface area contributed by atoms with E-state index in [-0.39, 0.29) is 11.7 Å². The molecule has 4 heteroatoms. The van der Waals surface area contributed by atoms with Crippen LogP contribution in [0.4, 0.5) is 4.39 Å². The zero-order valence-electron chi connectivity index (χ0n) is 14.6. The molecule has 0 fully saturated rings. The quantitative estimate of drug-likeness (QED) is 0.787. The van der Waals surface area contributed by atoms with Gasteiger partial charge in [0.1, 0.15) is 11.6 Å². The molecule has 3 nitrogen and oxygen atoms in total. The number of rotatable bonds is 6. The lowest BCUT2D eigenvalue weighted by Crippen LogP contribution is -2.37. The summed E-state index contributed by atoms with van der Waals surface area (Å²) in [5.74, 6) is 0.696. The second kappa shape index (κ2) is 7.95. The van der Waals surface area contributed by atoms with E-state index in [0.29, 0.717) is 18.2 Å². The van der Waals surface area contributed by atoms with Crippen molar-refractivity contribution in [2.45, 2.75) is 39.3 Å². The molecule has 24 heavy (non-hydrogen) atoms. The first-order valence-corrected chi connectivity index (χ1v) is 8.13. The lowest BCUT2D eigenvalue weighted by Gasteiger charge is -2.22. The molecular formula is C20H24FNO2. The van der Waals surface area contributed by atoms with Crippen LogP contribution in [0.2, 0.25) is 0 Å². The topological polar surface area (TPSA) is 29.5 Å². The van der Waals surface area contributed by atoms with Gasteiger partial charge in [0.05, 0.1) is 0 Å². The summed E-state index contributed by atoms with van der Waals surface area (Å²) >= 11 is 0. The fraction of sp³-hybridized carbons (Fsp3) is 0.350. The highest BCUT2D eigenvalue weighted by atomic mass is 19.1. The summed E-state index contributed by atoms with van der Waals surface area (Å²) < 4.78 is 18.7. The van der Waals surface area contributed by atoms with Gasteiger partial charge in [-0.15, -0.1) is 0 Å². The molecule has 0 bridgehead atoms. The number of halogens is 1. The maximum atomic E-state index is 12.9. The maximum Gasteiger partial charge on any atom is 0.263 e. The van der Waals surface area contributed by atoms with Crippen LogP contribution in [0.15, 0.2) is 48.5 Å². The van der Waals surface area contributed by atoms with E-state index in [4.69, 9.17) is 4.74 Å². The number of likely N-dealkylation sites (N-methyl/N-ethyl adjacent to an activating group) is 1. The Kier molecular flexibility index (Phi) is 5.96. The van der Waals surface area contributed by atoms with Crippen molar-refractivity contribution in [3.8, 4) is 5.75 Å². The first-order chi connectivity index (χ1) is 11.4. The summed E-state index contributed by atoms with van der Waals surface area (Å²) in [6.07, 6.45) is -0.585. The Balaban J connectivity index is 1.98. The van der Waals surface area contributed by atoms with Crippen molar-refractivity contribution < 1.29 is 13.9 Å². The Morgan fingerprint density at radius 1 is 1.12 bits per heavy atom. The smallest absolute Gasteiger partial charge is 0.263 e. The van der Waals surface area contributed by atoms with Crippen LogP contribution in [0.1, 0.15) is 37.8 Å². The number of hydrogen-bond donors (Lipinski definition) is 0. The number of benzene rings is 2. The molecule has 0 saturated carbocycles. The SMILES string of the molecule is CC(Oc1cccc(C(C)C)c1)C(=O)N(C)Cc1ccc(F)cc1. The Morgan fingerprint density at radius 3 is 2.42 bits per heavy atom. The molecule has 0 aliphatic carbocycles. The standard InChI is InChI=1S/C20H24FNO2/c1-14(2)17-6-5-7-19(12-17)24-15(3)20(23)22(4)13-16-8-10-18(21)11-9-16/h5-12,14-15H,13H2,1-4H3. The third-order valence-electron chi connectivity index (χ3n) is 3.89. The summed E-state index contributed by atoms with van der Waals surface area (Å²) in [6.45, 7) is 6.39. The highest BCUT2D eigenvalue weighted by molar-refractivity contribution is 5.80. The van der Waals surface area contributed by atoms with Gasteiger partial charge in [-0.2, -0.15) is 0 Å². The molecule has 0 heterocycles. The van der Waals surface area contributed by atoms with Gasteiger partial charge in [0, 0.05) is 13.6 Å². The van der Waals surface area contributed by atoms with Gasteiger partial charge in [-0.25, -0.2) is 4.39 Å². The van der Waals surface area contributed by atoms with Gasteiger partial charge in [0.25, 0.3) is 5.91 Å². The van der Waals surface area contributed by atoms with Gasteiger partial charge in [-0.3, -0.25) is 4.79 Å². The van der Waals surface area contributed by atoms with Crippen LogP contribution in [-0.2, 0) is 11.3 Å². The number of carbonyl (C=O) groups excluding carboxylic acids is 1. The van der Waals surface area contributed by atoms with E-state index in [0.717, 1.165) is 5.56 Å². The Hall–Kier alpha value is -2.36. The van der Waals surface area contributed by atoms with Gasteiger partial charge in [-0.1, -0.05) is 38.1 Å². The first-order valence-electron chi connectivity index (χ1n) is 8.13. The molecule has 1 unspecified atom stereocenters. The highest BCUT2D eigenvalue weighted by Crippen LogP contribution is 2.21. The van der Waals surface area contributed by atoms with Gasteiger partial charge >= 0.3 is 0 Å². The van der Waals surface area contributed by atoms with Gasteiger partial charge in [-0.05, 0) is 48.2 Å². The van der Waals surface area contributed by atoms with Crippen LogP contribution in [0.5, 0.6) is 5.75 Å². The molecule has 0 radical (unpaired) electrons. The molecular weight excluding hydrogens is 305 g/mol. The lowest BCUT2D eigenvalue weighted by molar-refractivity contribution is -0.137. The molecule has 0 aromatic heterocycles. The van der Waals surface area contributed by atoms with Crippen LogP contribution in [0.3, 0.4) is 0 Å². The van der Waals surface area contributed by atoms with Crippen molar-refractivity contribution in [1.29, 1.82) is 0 Å². The van der Waals surface area contributed by atoms with Crippen molar-refractivity contribution >= 4 is 5.91 Å². The van der Waals surface area contributed by atoms with Crippen LogP contribution in [0.25, 0.3) is 0 Å². The molecule has 1 amide bonds. The monoisotopic (exact) mass is 329 g/mol. The second-order valence-corrected chi connectivity index (χ2v) is 6.31. The van der Waals surface area contributed by atoms with Gasteiger partial charge in [0.2, 0.25) is 0 Å². The molecule has 2 rings (SSSR count). The van der Waals surface area contributed by atoms with Crippen molar-refractivity contribution in [3.63, 3.8) is 0 Å². The summed E-state index contributed by atoms with van der Waals surface area (Å²) in [6, 6.07) is 13.9. The summed E-state index contributed by atoms with van der Waals surface area (Å²) in [5, 5.41) is 0. The fourth-order valence-electron chi connectivity index (χ4n) is 2.45. The molecule has 0 saturated heterocycles. The third-order valence-corrected chi connectivity index (χ3v) is 3.89. The van der Waals surface area contributed by atoms with E-state index in [2.05, 4.69) is 13.8 Å². The molecule has 0 spiro atoms. The van der Waals surface area contributed by atoms with E-state index in [1.807, 2.05) is 24.3 Å². The Bertz CT molecular complexity index is 682. The third kappa shape index (κ3) is 4.82. The number of amides is 1. The van der Waals surface area contributed by atoms with E-state index in [9.17, 15) is 9.18 Å². The largest absolute Gasteiger partial charge is 0.481 e. The Labute approximate surface area is 143 Å². The predicted octanol–water partition coefficient (Wildman–Crippen LogP) is 4.38. The minimum absolute atomic E-state index is 0.116. The van der Waals surface area contributed by atoms with Crippen LogP contribution >= 0.6 is 0 Å². The maximum absolute atomic E-state index is 12.9. The van der Waals surface area contributed by atoms with E-state index in [1.165, 1.54) is 17.7 Å². The molecule has 2 aromatic carbocycles.